The van der Waals surface area contributed by atoms with E-state index in [1.54, 1.807) is 13.8 Å². The highest BCUT2D eigenvalue weighted by Gasteiger charge is 2.23. The lowest BCUT2D eigenvalue weighted by Gasteiger charge is -2.07. The van der Waals surface area contributed by atoms with Gasteiger partial charge in [0.05, 0.1) is 35.1 Å². The van der Waals surface area contributed by atoms with E-state index >= 15 is 0 Å². The summed E-state index contributed by atoms with van der Waals surface area (Å²) in [5, 5.41) is 19.9. The fourth-order valence-corrected chi connectivity index (χ4v) is 1.65. The molecule has 0 heterocycles. The molecule has 1 aromatic rings. The van der Waals surface area contributed by atoms with Crippen LogP contribution in [0.5, 0.6) is 0 Å². The molecular formula is C12H12N2O4. The minimum atomic E-state index is -0.581. The van der Waals surface area contributed by atoms with Crippen LogP contribution in [0, 0.1) is 28.4 Å². The number of carbonyl (C=O) groups is 1. The van der Waals surface area contributed by atoms with E-state index in [9.17, 15) is 14.9 Å². The zero-order valence-electron chi connectivity index (χ0n) is 10.1. The zero-order valence-corrected chi connectivity index (χ0v) is 10.1. The topological polar surface area (TPSA) is 93.2 Å². The number of esters is 1. The molecule has 18 heavy (non-hydrogen) atoms. The van der Waals surface area contributed by atoms with Gasteiger partial charge >= 0.3 is 5.97 Å². The summed E-state index contributed by atoms with van der Waals surface area (Å²) in [7, 11) is 0. The van der Waals surface area contributed by atoms with Gasteiger partial charge in [-0.15, -0.1) is 0 Å². The maximum atomic E-state index is 11.4. The van der Waals surface area contributed by atoms with Gasteiger partial charge in [-0.2, -0.15) is 5.26 Å². The summed E-state index contributed by atoms with van der Waals surface area (Å²) >= 11 is 0. The molecule has 0 bridgehead atoms. The number of nitriles is 1. The summed E-state index contributed by atoms with van der Waals surface area (Å²) in [5.74, 6) is -0.581. The Labute approximate surface area is 104 Å². The van der Waals surface area contributed by atoms with E-state index in [1.165, 1.54) is 12.1 Å². The minimum Gasteiger partial charge on any atom is -0.466 e. The smallest absolute Gasteiger partial charge is 0.310 e. The van der Waals surface area contributed by atoms with Crippen LogP contribution in [-0.4, -0.2) is 17.5 Å². The van der Waals surface area contributed by atoms with Crippen LogP contribution in [-0.2, 0) is 16.0 Å². The molecule has 0 aliphatic heterocycles. The van der Waals surface area contributed by atoms with Crippen molar-refractivity contribution in [2.45, 2.75) is 20.3 Å². The average molecular weight is 248 g/mol. The van der Waals surface area contributed by atoms with Gasteiger partial charge < -0.3 is 4.74 Å². The molecule has 94 valence electrons. The maximum Gasteiger partial charge on any atom is 0.310 e. The Morgan fingerprint density at radius 1 is 1.56 bits per heavy atom. The van der Waals surface area contributed by atoms with Crippen molar-refractivity contribution in [1.29, 1.82) is 5.26 Å². The van der Waals surface area contributed by atoms with Crippen molar-refractivity contribution in [3.8, 4) is 6.07 Å². The second kappa shape index (κ2) is 5.77. The number of hydrogen-bond acceptors (Lipinski definition) is 5. The van der Waals surface area contributed by atoms with Gasteiger partial charge in [0.1, 0.15) is 0 Å². The van der Waals surface area contributed by atoms with Crippen LogP contribution in [0.1, 0.15) is 23.6 Å². The van der Waals surface area contributed by atoms with E-state index < -0.39 is 10.9 Å². The van der Waals surface area contributed by atoms with E-state index in [1.807, 2.05) is 6.07 Å². The van der Waals surface area contributed by atoms with E-state index in [0.717, 1.165) is 0 Å². The molecule has 0 aromatic heterocycles. The Morgan fingerprint density at radius 2 is 2.22 bits per heavy atom. The fourth-order valence-electron chi connectivity index (χ4n) is 1.65. The molecule has 0 atom stereocenters. The Bertz CT molecular complexity index is 532. The number of carbonyl (C=O) groups excluding carboxylic acids is 1. The minimum absolute atomic E-state index is 0.112. The molecule has 6 heteroatoms. The van der Waals surface area contributed by atoms with Crippen LogP contribution in [0.2, 0.25) is 0 Å². The summed E-state index contributed by atoms with van der Waals surface area (Å²) in [5.41, 5.74) is 0.460. The summed E-state index contributed by atoms with van der Waals surface area (Å²) in [6.45, 7) is 3.40. The molecule has 0 amide bonds. The van der Waals surface area contributed by atoms with Crippen molar-refractivity contribution in [3.05, 3.63) is 38.9 Å². The highest BCUT2D eigenvalue weighted by molar-refractivity contribution is 5.76. The van der Waals surface area contributed by atoms with Gasteiger partial charge in [0.2, 0.25) is 0 Å². The second-order valence-electron chi connectivity index (χ2n) is 3.61. The maximum absolute atomic E-state index is 11.4. The van der Waals surface area contributed by atoms with Gasteiger partial charge in [-0.3, -0.25) is 14.9 Å². The number of benzene rings is 1. The molecule has 0 saturated heterocycles. The monoisotopic (exact) mass is 248 g/mol. The lowest BCUT2D eigenvalue weighted by molar-refractivity contribution is -0.386. The van der Waals surface area contributed by atoms with Crippen molar-refractivity contribution in [1.82, 2.24) is 0 Å². The van der Waals surface area contributed by atoms with Crippen LogP contribution in [0.15, 0.2) is 12.1 Å². The van der Waals surface area contributed by atoms with Gasteiger partial charge in [0.25, 0.3) is 5.69 Å². The molecule has 0 unspecified atom stereocenters. The third-order valence-electron chi connectivity index (χ3n) is 2.41. The number of rotatable bonds is 4. The summed E-state index contributed by atoms with van der Waals surface area (Å²) in [6, 6.07) is 4.81. The molecule has 0 aliphatic carbocycles. The Balaban J connectivity index is 3.29. The van der Waals surface area contributed by atoms with Gasteiger partial charge in [-0.1, -0.05) is 6.07 Å². The number of hydrogen-bond donors (Lipinski definition) is 0. The zero-order chi connectivity index (χ0) is 13.7. The van der Waals surface area contributed by atoms with E-state index in [-0.39, 0.29) is 29.8 Å². The first-order valence-electron chi connectivity index (χ1n) is 5.33. The number of nitro benzene ring substituents is 1. The molecule has 0 aliphatic rings. The highest BCUT2D eigenvalue weighted by atomic mass is 16.6. The number of nitrogens with zero attached hydrogens (tertiary/aromatic N) is 2. The van der Waals surface area contributed by atoms with Gasteiger partial charge in [-0.25, -0.2) is 0 Å². The van der Waals surface area contributed by atoms with Crippen molar-refractivity contribution < 1.29 is 14.5 Å². The van der Waals surface area contributed by atoms with Gasteiger partial charge in [-0.05, 0) is 19.9 Å². The molecule has 0 fully saturated rings. The Morgan fingerprint density at radius 3 is 2.72 bits per heavy atom. The fraction of sp³-hybridized carbons (Fsp3) is 0.333. The van der Waals surface area contributed by atoms with E-state index in [0.29, 0.717) is 5.56 Å². The van der Waals surface area contributed by atoms with Gasteiger partial charge in [0, 0.05) is 5.56 Å². The summed E-state index contributed by atoms with van der Waals surface area (Å²) in [4.78, 5) is 21.8. The first kappa shape index (κ1) is 13.6. The highest BCUT2D eigenvalue weighted by Crippen LogP contribution is 2.27. The van der Waals surface area contributed by atoms with Crippen LogP contribution in [0.4, 0.5) is 5.69 Å². The largest absolute Gasteiger partial charge is 0.466 e. The van der Waals surface area contributed by atoms with Crippen molar-refractivity contribution in [3.63, 3.8) is 0 Å². The van der Waals surface area contributed by atoms with Crippen molar-refractivity contribution in [2.75, 3.05) is 6.61 Å². The molecular weight excluding hydrogens is 236 g/mol. The number of aryl methyl sites for hydroxylation is 1. The molecule has 0 spiro atoms. The lowest BCUT2D eigenvalue weighted by Crippen LogP contribution is -2.11. The molecule has 0 N–H and O–H groups in total. The quantitative estimate of drug-likeness (QED) is 0.460. The number of nitro groups is 1. The van der Waals surface area contributed by atoms with Gasteiger partial charge in [0.15, 0.2) is 0 Å². The molecule has 1 rings (SSSR count). The molecule has 0 radical (unpaired) electrons. The molecule has 1 aromatic carbocycles. The van der Waals surface area contributed by atoms with E-state index in [4.69, 9.17) is 10.00 Å². The molecule has 0 saturated carbocycles. The van der Waals surface area contributed by atoms with Crippen LogP contribution < -0.4 is 0 Å². The Hall–Kier alpha value is -2.42. The third kappa shape index (κ3) is 2.83. The predicted molar refractivity (Wildman–Crippen MR) is 62.9 cm³/mol. The predicted octanol–water partition coefficient (Wildman–Crippen LogP) is 1.88. The lowest BCUT2D eigenvalue weighted by atomic mass is 9.99. The van der Waals surface area contributed by atoms with Crippen LogP contribution >= 0.6 is 0 Å². The molecule has 6 nitrogen and oxygen atoms in total. The normalized spacial score (nSPS) is 9.61. The first-order chi connectivity index (χ1) is 8.51. The van der Waals surface area contributed by atoms with Crippen molar-refractivity contribution >= 4 is 11.7 Å². The third-order valence-corrected chi connectivity index (χ3v) is 2.41. The van der Waals surface area contributed by atoms with Crippen molar-refractivity contribution in [2.24, 2.45) is 0 Å². The average Bonchev–Trinajstić information content (AvgIpc) is 2.29. The Kier molecular flexibility index (Phi) is 4.38. The number of ether oxygens (including phenoxy) is 1. The summed E-state index contributed by atoms with van der Waals surface area (Å²) < 4.78 is 4.75. The van der Waals surface area contributed by atoms with Crippen LogP contribution in [0.25, 0.3) is 0 Å². The van der Waals surface area contributed by atoms with E-state index in [2.05, 4.69) is 0 Å². The summed E-state index contributed by atoms with van der Waals surface area (Å²) in [6.07, 6.45) is -0.269. The van der Waals surface area contributed by atoms with Crippen LogP contribution in [0.3, 0.4) is 0 Å². The first-order valence-corrected chi connectivity index (χ1v) is 5.33. The SMILES string of the molecule is CCOC(=O)Cc1c(C#N)ccc(C)c1[N+](=O)[O-]. The second-order valence-corrected chi connectivity index (χ2v) is 3.61. The standard InChI is InChI=1S/C12H12N2O4/c1-3-18-11(15)6-10-9(7-13)5-4-8(2)12(10)14(16)17/h4-5H,3,6H2,1-2H3.